The van der Waals surface area contributed by atoms with Crippen molar-refractivity contribution in [2.24, 2.45) is 11.7 Å². The van der Waals surface area contributed by atoms with Crippen LogP contribution in [0.4, 0.5) is 5.95 Å². The molecule has 8 nitrogen and oxygen atoms in total. The smallest absolute Gasteiger partial charge is 0.340 e. The molecule has 1 aliphatic carbocycles. The van der Waals surface area contributed by atoms with Crippen LogP contribution in [0.3, 0.4) is 0 Å². The van der Waals surface area contributed by atoms with E-state index in [4.69, 9.17) is 15.5 Å². The largest absolute Gasteiger partial charge is 0.437 e. The summed E-state index contributed by atoms with van der Waals surface area (Å²) in [4.78, 5) is 34.6. The van der Waals surface area contributed by atoms with Crippen molar-refractivity contribution in [3.05, 3.63) is 53.7 Å². The van der Waals surface area contributed by atoms with Crippen LogP contribution in [0.2, 0.25) is 0 Å². The maximum Gasteiger partial charge on any atom is 0.340 e. The third-order valence-electron chi connectivity index (χ3n) is 6.63. The molecule has 5 rings (SSSR count). The average molecular weight is 492 g/mol. The minimum atomic E-state index is -1.39. The SMILES string of the molecule is Cc1cnc(NCCCC2CCNCC2)nc1-c1cc2c(C(=O)OC3(C(N)=O)C=C3)cccc2s1. The predicted octanol–water partition coefficient (Wildman–Crippen LogP) is 3.81. The van der Waals surface area contributed by atoms with Crippen molar-refractivity contribution in [3.8, 4) is 10.6 Å². The number of esters is 1. The lowest BCUT2D eigenvalue weighted by molar-refractivity contribution is -0.127. The van der Waals surface area contributed by atoms with E-state index in [1.54, 1.807) is 23.5 Å². The molecule has 1 amide bonds. The summed E-state index contributed by atoms with van der Waals surface area (Å²) in [7, 11) is 0. The first kappa shape index (κ1) is 23.4. The molecule has 0 saturated carbocycles. The summed E-state index contributed by atoms with van der Waals surface area (Å²) in [6.07, 6.45) is 9.61. The number of aryl methyl sites for hydroxylation is 1. The molecule has 182 valence electrons. The van der Waals surface area contributed by atoms with Crippen LogP contribution in [0.25, 0.3) is 20.7 Å². The third-order valence-corrected chi connectivity index (χ3v) is 7.74. The quantitative estimate of drug-likeness (QED) is 0.237. The summed E-state index contributed by atoms with van der Waals surface area (Å²) >= 11 is 1.55. The number of fused-ring (bicyclic) bond motifs is 1. The normalized spacial score (nSPS) is 16.8. The van der Waals surface area contributed by atoms with Crippen molar-refractivity contribution >= 4 is 39.2 Å². The van der Waals surface area contributed by atoms with Crippen molar-refractivity contribution in [1.82, 2.24) is 15.3 Å². The molecule has 2 aromatic heterocycles. The summed E-state index contributed by atoms with van der Waals surface area (Å²) in [5, 5.41) is 7.54. The minimum Gasteiger partial charge on any atom is -0.437 e. The second-order valence-corrected chi connectivity index (χ2v) is 10.3. The number of nitrogens with one attached hydrogen (secondary N) is 2. The monoisotopic (exact) mass is 491 g/mol. The van der Waals surface area contributed by atoms with Crippen molar-refractivity contribution < 1.29 is 14.3 Å². The molecule has 35 heavy (non-hydrogen) atoms. The van der Waals surface area contributed by atoms with Crippen molar-refractivity contribution in [2.75, 3.05) is 25.0 Å². The highest BCUT2D eigenvalue weighted by Crippen LogP contribution is 2.37. The minimum absolute atomic E-state index is 0.391. The molecule has 0 bridgehead atoms. The molecular weight excluding hydrogens is 462 g/mol. The summed E-state index contributed by atoms with van der Waals surface area (Å²) in [6, 6.07) is 7.40. The van der Waals surface area contributed by atoms with Crippen molar-refractivity contribution in [1.29, 1.82) is 0 Å². The van der Waals surface area contributed by atoms with Gasteiger partial charge in [-0.1, -0.05) is 6.07 Å². The lowest BCUT2D eigenvalue weighted by atomic mass is 9.93. The number of hydrogen-bond donors (Lipinski definition) is 3. The molecule has 0 unspecified atom stereocenters. The number of anilines is 1. The molecular formula is C26H29N5O3S. The highest BCUT2D eigenvalue weighted by molar-refractivity contribution is 7.22. The van der Waals surface area contributed by atoms with Gasteiger partial charge in [0.2, 0.25) is 11.5 Å². The van der Waals surface area contributed by atoms with E-state index in [0.29, 0.717) is 11.5 Å². The van der Waals surface area contributed by atoms with Crippen LogP contribution in [-0.4, -0.2) is 47.1 Å². The molecule has 3 aromatic rings. The van der Waals surface area contributed by atoms with Crippen LogP contribution in [-0.2, 0) is 9.53 Å². The van der Waals surface area contributed by atoms with E-state index in [1.807, 2.05) is 25.3 Å². The molecule has 2 aliphatic rings. The lowest BCUT2D eigenvalue weighted by Gasteiger charge is -2.22. The van der Waals surface area contributed by atoms with Crippen molar-refractivity contribution in [3.63, 3.8) is 0 Å². The number of primary amides is 1. The molecule has 3 heterocycles. The fourth-order valence-corrected chi connectivity index (χ4v) is 5.60. The number of thiophene rings is 1. The number of aromatic nitrogens is 2. The second kappa shape index (κ2) is 9.75. The summed E-state index contributed by atoms with van der Waals surface area (Å²) < 4.78 is 6.33. The van der Waals surface area contributed by atoms with Crippen LogP contribution in [0.1, 0.15) is 41.6 Å². The molecule has 0 radical (unpaired) electrons. The maximum atomic E-state index is 12.8. The number of benzene rings is 1. The van der Waals surface area contributed by atoms with Gasteiger partial charge in [-0.25, -0.2) is 14.8 Å². The van der Waals surface area contributed by atoms with Gasteiger partial charge in [-0.3, -0.25) is 4.79 Å². The van der Waals surface area contributed by atoms with Gasteiger partial charge in [0.25, 0.3) is 5.91 Å². The zero-order valence-electron chi connectivity index (χ0n) is 19.7. The number of piperidine rings is 1. The van der Waals surface area contributed by atoms with Gasteiger partial charge in [-0.15, -0.1) is 11.3 Å². The van der Waals surface area contributed by atoms with E-state index in [9.17, 15) is 9.59 Å². The Labute approximate surface area is 208 Å². The van der Waals surface area contributed by atoms with Gasteiger partial charge in [-0.05, 0) is 87.5 Å². The highest BCUT2D eigenvalue weighted by Gasteiger charge is 2.45. The first-order valence-electron chi connectivity index (χ1n) is 12.0. The van der Waals surface area contributed by atoms with Crippen LogP contribution >= 0.6 is 11.3 Å². The van der Waals surface area contributed by atoms with E-state index in [-0.39, 0.29) is 0 Å². The molecule has 4 N–H and O–H groups in total. The Kier molecular flexibility index (Phi) is 6.53. The predicted molar refractivity (Wildman–Crippen MR) is 137 cm³/mol. The van der Waals surface area contributed by atoms with Gasteiger partial charge < -0.3 is 21.1 Å². The van der Waals surface area contributed by atoms with Gasteiger partial charge in [-0.2, -0.15) is 0 Å². The number of carbonyl (C=O) groups excluding carboxylic acids is 2. The Hall–Kier alpha value is -3.30. The fraction of sp³-hybridized carbons (Fsp3) is 0.385. The van der Waals surface area contributed by atoms with Crippen LogP contribution < -0.4 is 16.4 Å². The Morgan fingerprint density at radius 2 is 2.09 bits per heavy atom. The number of carbonyl (C=O) groups is 2. The Morgan fingerprint density at radius 3 is 2.83 bits per heavy atom. The second-order valence-electron chi connectivity index (χ2n) is 9.20. The van der Waals surface area contributed by atoms with Crippen LogP contribution in [0.15, 0.2) is 42.6 Å². The zero-order valence-corrected chi connectivity index (χ0v) is 20.5. The number of ether oxygens (including phenoxy) is 1. The van der Waals surface area contributed by atoms with E-state index in [1.165, 1.54) is 31.4 Å². The van der Waals surface area contributed by atoms with Crippen molar-refractivity contribution in [2.45, 2.75) is 38.2 Å². The molecule has 1 fully saturated rings. The molecule has 1 saturated heterocycles. The topological polar surface area (TPSA) is 119 Å². The van der Waals surface area contributed by atoms with E-state index in [0.717, 1.165) is 58.2 Å². The molecule has 1 aliphatic heterocycles. The van der Waals surface area contributed by atoms with Gasteiger partial charge >= 0.3 is 5.97 Å². The zero-order chi connectivity index (χ0) is 24.4. The first-order chi connectivity index (χ1) is 16.9. The maximum absolute atomic E-state index is 12.8. The lowest BCUT2D eigenvalue weighted by Crippen LogP contribution is -2.36. The third kappa shape index (κ3) is 5.06. The number of rotatable bonds is 9. The molecule has 0 spiro atoms. The Balaban J connectivity index is 1.31. The number of nitrogens with two attached hydrogens (primary N) is 1. The Morgan fingerprint density at radius 1 is 1.29 bits per heavy atom. The van der Waals surface area contributed by atoms with E-state index in [2.05, 4.69) is 15.6 Å². The molecule has 9 heteroatoms. The van der Waals surface area contributed by atoms with Gasteiger partial charge in [0, 0.05) is 22.8 Å². The van der Waals surface area contributed by atoms with E-state index < -0.39 is 17.5 Å². The summed E-state index contributed by atoms with van der Waals surface area (Å²) in [5.74, 6) is 0.132. The highest BCUT2D eigenvalue weighted by atomic mass is 32.1. The van der Waals surface area contributed by atoms with Gasteiger partial charge in [0.1, 0.15) is 0 Å². The fourth-order valence-electron chi connectivity index (χ4n) is 4.46. The standard InChI is InChI=1S/C26H29N5O3S/c1-16-15-30-25(29-11-3-4-17-7-12-28-13-8-17)31-22(16)21-14-19-18(5-2-6-20(19)35-21)23(32)34-26(9-10-26)24(27)33/h2,5-6,9-10,14-15,17,28H,3-4,7-8,11-13H2,1H3,(H2,27,33)(H,29,30,31). The van der Waals surface area contributed by atoms with Crippen LogP contribution in [0.5, 0.6) is 0 Å². The molecule has 1 aromatic carbocycles. The van der Waals surface area contributed by atoms with E-state index >= 15 is 0 Å². The number of amides is 1. The summed E-state index contributed by atoms with van der Waals surface area (Å²) in [5.41, 5.74) is 6.15. The molecule has 0 atom stereocenters. The summed E-state index contributed by atoms with van der Waals surface area (Å²) in [6.45, 7) is 5.07. The average Bonchev–Trinajstić information content (AvgIpc) is 3.52. The van der Waals surface area contributed by atoms with Crippen LogP contribution in [0, 0.1) is 12.8 Å². The van der Waals surface area contributed by atoms with Gasteiger partial charge in [0.15, 0.2) is 0 Å². The first-order valence-corrected chi connectivity index (χ1v) is 12.8. The number of hydrogen-bond acceptors (Lipinski definition) is 8. The Bertz CT molecular complexity index is 1290. The number of nitrogens with zero attached hydrogens (tertiary/aromatic N) is 2. The van der Waals surface area contributed by atoms with Gasteiger partial charge in [0.05, 0.1) is 16.1 Å².